The highest BCUT2D eigenvalue weighted by molar-refractivity contribution is 5.13. The maximum Gasteiger partial charge on any atom is 0.187 e. The first-order valence-corrected chi connectivity index (χ1v) is 8.01. The van der Waals surface area contributed by atoms with Crippen molar-refractivity contribution in [2.24, 2.45) is 0 Å². The van der Waals surface area contributed by atoms with Gasteiger partial charge in [-0.25, -0.2) is 0 Å². The van der Waals surface area contributed by atoms with E-state index >= 15 is 0 Å². The standard InChI is InChI=1S/C18H24O5/c1-18(2)22-15-14(10-6-7-11-19)21-17(16(15)23-18)20-12-13-8-4-3-5-9-13/h3-9,14-17,19H,10-12H2,1-2H3/b7-6+/t14-,15+,16+,17+/m1/s1. The van der Waals surface area contributed by atoms with Gasteiger partial charge in [-0.3, -0.25) is 0 Å². The van der Waals surface area contributed by atoms with E-state index < -0.39 is 12.1 Å². The number of rotatable bonds is 6. The zero-order valence-corrected chi connectivity index (χ0v) is 13.6. The van der Waals surface area contributed by atoms with Crippen molar-refractivity contribution in [2.45, 2.75) is 57.3 Å². The third-order valence-corrected chi connectivity index (χ3v) is 4.00. The van der Waals surface area contributed by atoms with Gasteiger partial charge in [0.25, 0.3) is 0 Å². The third kappa shape index (κ3) is 4.00. The smallest absolute Gasteiger partial charge is 0.187 e. The Balaban J connectivity index is 1.64. The Hall–Kier alpha value is -1.24. The van der Waals surface area contributed by atoms with Gasteiger partial charge in [-0.1, -0.05) is 42.5 Å². The minimum absolute atomic E-state index is 0.0254. The highest BCUT2D eigenvalue weighted by Gasteiger charge is 2.55. The highest BCUT2D eigenvalue weighted by atomic mass is 16.8. The zero-order valence-electron chi connectivity index (χ0n) is 13.6. The van der Waals surface area contributed by atoms with Gasteiger partial charge in [-0.2, -0.15) is 0 Å². The molecule has 0 aromatic heterocycles. The van der Waals surface area contributed by atoms with Crippen LogP contribution in [0.15, 0.2) is 42.5 Å². The van der Waals surface area contributed by atoms with Crippen LogP contribution in [0.25, 0.3) is 0 Å². The predicted molar refractivity (Wildman–Crippen MR) is 84.6 cm³/mol. The van der Waals surface area contributed by atoms with Crippen LogP contribution in [0, 0.1) is 0 Å². The predicted octanol–water partition coefficient (Wildman–Crippen LogP) is 2.39. The summed E-state index contributed by atoms with van der Waals surface area (Å²) in [6.07, 6.45) is 3.29. The largest absolute Gasteiger partial charge is 0.392 e. The van der Waals surface area contributed by atoms with E-state index in [1.54, 1.807) is 6.08 Å². The molecule has 0 spiro atoms. The van der Waals surface area contributed by atoms with Gasteiger partial charge in [-0.15, -0.1) is 0 Å². The lowest BCUT2D eigenvalue weighted by atomic mass is 10.1. The molecule has 2 heterocycles. The van der Waals surface area contributed by atoms with Gasteiger partial charge in [0.15, 0.2) is 12.1 Å². The molecule has 2 aliphatic rings. The monoisotopic (exact) mass is 320 g/mol. The van der Waals surface area contributed by atoms with E-state index in [-0.39, 0.29) is 24.9 Å². The maximum absolute atomic E-state index is 8.86. The van der Waals surface area contributed by atoms with Gasteiger partial charge in [-0.05, 0) is 25.8 Å². The Morgan fingerprint density at radius 1 is 1.13 bits per heavy atom. The van der Waals surface area contributed by atoms with Crippen LogP contribution < -0.4 is 0 Å². The average molecular weight is 320 g/mol. The molecule has 126 valence electrons. The SMILES string of the molecule is CC1(C)O[C@@H]2[C@@H](OCc3ccccc3)O[C@H](C/C=C/CO)[C@@H]2O1. The van der Waals surface area contributed by atoms with Crippen molar-refractivity contribution >= 4 is 0 Å². The fourth-order valence-corrected chi connectivity index (χ4v) is 3.02. The van der Waals surface area contributed by atoms with E-state index in [0.29, 0.717) is 13.0 Å². The van der Waals surface area contributed by atoms with E-state index in [1.807, 2.05) is 50.3 Å². The summed E-state index contributed by atoms with van der Waals surface area (Å²) in [4.78, 5) is 0. The summed E-state index contributed by atoms with van der Waals surface area (Å²) in [5, 5.41) is 8.86. The fourth-order valence-electron chi connectivity index (χ4n) is 3.02. The van der Waals surface area contributed by atoms with Crippen molar-refractivity contribution in [1.82, 2.24) is 0 Å². The fraction of sp³-hybridized carbons (Fsp3) is 0.556. The van der Waals surface area contributed by atoms with Crippen LogP contribution in [0.2, 0.25) is 0 Å². The van der Waals surface area contributed by atoms with Crippen LogP contribution in [0.1, 0.15) is 25.8 Å². The molecule has 2 saturated heterocycles. The molecule has 0 radical (unpaired) electrons. The topological polar surface area (TPSA) is 57.2 Å². The van der Waals surface area contributed by atoms with E-state index in [1.165, 1.54) is 0 Å². The molecule has 4 atom stereocenters. The van der Waals surface area contributed by atoms with E-state index in [2.05, 4.69) is 0 Å². The van der Waals surface area contributed by atoms with Crippen molar-refractivity contribution < 1.29 is 24.1 Å². The van der Waals surface area contributed by atoms with Crippen LogP contribution >= 0.6 is 0 Å². The second-order valence-electron chi connectivity index (χ2n) is 6.29. The minimum atomic E-state index is -0.633. The van der Waals surface area contributed by atoms with Crippen LogP contribution in [0.3, 0.4) is 0 Å². The highest BCUT2D eigenvalue weighted by Crippen LogP contribution is 2.40. The number of aliphatic hydroxyl groups is 1. The minimum Gasteiger partial charge on any atom is -0.392 e. The van der Waals surface area contributed by atoms with Gasteiger partial charge in [0.05, 0.1) is 19.3 Å². The first kappa shape index (κ1) is 16.6. The molecule has 0 unspecified atom stereocenters. The summed E-state index contributed by atoms with van der Waals surface area (Å²) in [7, 11) is 0. The lowest BCUT2D eigenvalue weighted by molar-refractivity contribution is -0.235. The second-order valence-corrected chi connectivity index (χ2v) is 6.29. The molecule has 5 heteroatoms. The summed E-state index contributed by atoms with van der Waals surface area (Å²) in [6.45, 7) is 4.30. The second kappa shape index (κ2) is 7.11. The normalized spacial score (nSPS) is 32.5. The summed E-state index contributed by atoms with van der Waals surface area (Å²) in [5.74, 6) is -0.633. The van der Waals surface area contributed by atoms with Crippen LogP contribution in [0.5, 0.6) is 0 Å². The molecule has 0 amide bonds. The Morgan fingerprint density at radius 3 is 2.61 bits per heavy atom. The summed E-state index contributed by atoms with van der Waals surface area (Å²) >= 11 is 0. The summed E-state index contributed by atoms with van der Waals surface area (Å²) in [6, 6.07) is 9.98. The number of benzene rings is 1. The van der Waals surface area contributed by atoms with Gasteiger partial charge < -0.3 is 24.1 Å². The van der Waals surface area contributed by atoms with E-state index in [4.69, 9.17) is 24.1 Å². The molecular weight excluding hydrogens is 296 g/mol. The lowest BCUT2D eigenvalue weighted by Crippen LogP contribution is -2.31. The van der Waals surface area contributed by atoms with Crippen LogP contribution in [-0.2, 0) is 25.6 Å². The Labute approximate surface area is 136 Å². The molecule has 0 bridgehead atoms. The van der Waals surface area contributed by atoms with Crippen molar-refractivity contribution in [3.8, 4) is 0 Å². The maximum atomic E-state index is 8.86. The Morgan fingerprint density at radius 2 is 1.87 bits per heavy atom. The van der Waals surface area contributed by atoms with Gasteiger partial charge in [0, 0.05) is 0 Å². The summed E-state index contributed by atoms with van der Waals surface area (Å²) in [5.41, 5.74) is 1.09. The van der Waals surface area contributed by atoms with Crippen molar-refractivity contribution in [3.05, 3.63) is 48.0 Å². The lowest BCUT2D eigenvalue weighted by Gasteiger charge is -2.24. The molecule has 1 aromatic rings. The molecule has 2 fully saturated rings. The summed E-state index contributed by atoms with van der Waals surface area (Å²) < 4.78 is 23.9. The number of aliphatic hydroxyl groups excluding tert-OH is 1. The van der Waals surface area contributed by atoms with Crippen molar-refractivity contribution in [1.29, 1.82) is 0 Å². The molecule has 3 rings (SSSR count). The Kier molecular flexibility index (Phi) is 5.14. The van der Waals surface area contributed by atoms with Gasteiger partial charge in [0.2, 0.25) is 0 Å². The van der Waals surface area contributed by atoms with Crippen LogP contribution in [0.4, 0.5) is 0 Å². The average Bonchev–Trinajstić information content (AvgIpc) is 3.01. The zero-order chi connectivity index (χ0) is 16.3. The van der Waals surface area contributed by atoms with Gasteiger partial charge in [0.1, 0.15) is 12.2 Å². The number of fused-ring (bicyclic) bond motifs is 1. The van der Waals surface area contributed by atoms with Crippen molar-refractivity contribution in [2.75, 3.05) is 6.61 Å². The quantitative estimate of drug-likeness (QED) is 0.816. The Bertz CT molecular complexity index is 527. The molecule has 23 heavy (non-hydrogen) atoms. The molecule has 2 aliphatic heterocycles. The van der Waals surface area contributed by atoms with E-state index in [0.717, 1.165) is 5.56 Å². The first-order valence-electron chi connectivity index (χ1n) is 8.01. The van der Waals surface area contributed by atoms with Gasteiger partial charge >= 0.3 is 0 Å². The van der Waals surface area contributed by atoms with Crippen molar-refractivity contribution in [3.63, 3.8) is 0 Å². The molecule has 0 saturated carbocycles. The number of hydrogen-bond donors (Lipinski definition) is 1. The molecule has 0 aliphatic carbocycles. The molecule has 1 N–H and O–H groups in total. The molecule has 1 aromatic carbocycles. The van der Waals surface area contributed by atoms with Crippen LogP contribution in [-0.4, -0.2) is 42.1 Å². The van der Waals surface area contributed by atoms with E-state index in [9.17, 15) is 0 Å². The molecule has 5 nitrogen and oxygen atoms in total. The number of hydrogen-bond acceptors (Lipinski definition) is 5. The first-order chi connectivity index (χ1) is 11.1. The molecular formula is C18H24O5. The number of ether oxygens (including phenoxy) is 4. The third-order valence-electron chi connectivity index (χ3n) is 4.00.